The first kappa shape index (κ1) is 13.4. The highest BCUT2D eigenvalue weighted by Crippen LogP contribution is 2.39. The van der Waals surface area contributed by atoms with Crippen LogP contribution >= 0.6 is 11.8 Å². The van der Waals surface area contributed by atoms with Crippen molar-refractivity contribution in [3.63, 3.8) is 0 Å². The van der Waals surface area contributed by atoms with Crippen molar-refractivity contribution in [1.82, 2.24) is 5.32 Å². The Kier molecular flexibility index (Phi) is 3.94. The Hall–Kier alpha value is -1.04. The van der Waals surface area contributed by atoms with Crippen molar-refractivity contribution in [2.45, 2.75) is 23.3 Å². The molecule has 0 radical (unpaired) electrons. The van der Waals surface area contributed by atoms with Crippen LogP contribution in [0.4, 0.5) is 0 Å². The summed E-state index contributed by atoms with van der Waals surface area (Å²) in [5, 5.41) is 21.3. The zero-order valence-corrected chi connectivity index (χ0v) is 11.0. The first-order valence-electron chi connectivity index (χ1n) is 5.86. The fraction of sp³-hybridized carbons (Fsp3) is 0.462. The predicted octanol–water partition coefficient (Wildman–Crippen LogP) is 0.735. The number of amides is 1. The van der Waals surface area contributed by atoms with Crippen LogP contribution in [0, 0.1) is 0 Å². The van der Waals surface area contributed by atoms with Crippen LogP contribution in [0.2, 0.25) is 0 Å². The van der Waals surface area contributed by atoms with E-state index >= 15 is 0 Å². The van der Waals surface area contributed by atoms with E-state index in [1.165, 1.54) is 6.92 Å². The molecular weight excluding hydrogens is 250 g/mol. The summed E-state index contributed by atoms with van der Waals surface area (Å²) >= 11 is 1.67. The molecule has 0 bridgehead atoms. The van der Waals surface area contributed by atoms with Gasteiger partial charge in [0.1, 0.15) is 5.60 Å². The minimum Gasteiger partial charge on any atom is -0.393 e. The molecule has 0 saturated heterocycles. The number of aliphatic hydroxyl groups excluding tert-OH is 1. The van der Waals surface area contributed by atoms with Gasteiger partial charge >= 0.3 is 0 Å². The minimum atomic E-state index is -1.26. The van der Waals surface area contributed by atoms with Gasteiger partial charge in [0.05, 0.1) is 12.5 Å². The molecule has 1 heterocycles. The number of thioether (sulfide) groups is 1. The molecule has 2 unspecified atom stereocenters. The van der Waals surface area contributed by atoms with E-state index < -0.39 is 5.60 Å². The summed E-state index contributed by atoms with van der Waals surface area (Å²) in [5.41, 5.74) is -0.218. The van der Waals surface area contributed by atoms with Crippen LogP contribution in [0.5, 0.6) is 0 Å². The number of hydrogen-bond donors (Lipinski definition) is 3. The van der Waals surface area contributed by atoms with Crippen LogP contribution in [-0.4, -0.2) is 40.6 Å². The lowest BCUT2D eigenvalue weighted by molar-refractivity contribution is -0.123. The summed E-state index contributed by atoms with van der Waals surface area (Å²) in [4.78, 5) is 13.2. The van der Waals surface area contributed by atoms with E-state index in [4.69, 9.17) is 5.11 Å². The van der Waals surface area contributed by atoms with Gasteiger partial charge in [0.25, 0.3) is 0 Å². The molecule has 1 aromatic rings. The molecule has 98 valence electrons. The number of carbonyl (C=O) groups is 1. The third-order valence-corrected chi connectivity index (χ3v) is 4.18. The molecule has 1 amide bonds. The zero-order valence-electron chi connectivity index (χ0n) is 10.2. The van der Waals surface area contributed by atoms with E-state index in [0.717, 1.165) is 16.2 Å². The summed E-state index contributed by atoms with van der Waals surface area (Å²) in [7, 11) is 0. The average molecular weight is 267 g/mol. The van der Waals surface area contributed by atoms with Crippen molar-refractivity contribution < 1.29 is 15.0 Å². The molecule has 0 aromatic heterocycles. The Morgan fingerprint density at radius 1 is 1.56 bits per heavy atom. The van der Waals surface area contributed by atoms with Gasteiger partial charge in [-0.05, 0) is 18.6 Å². The molecule has 18 heavy (non-hydrogen) atoms. The molecule has 0 saturated carbocycles. The molecule has 1 aliphatic rings. The maximum absolute atomic E-state index is 12.1. The molecule has 1 aromatic carbocycles. The van der Waals surface area contributed by atoms with Crippen molar-refractivity contribution >= 4 is 17.7 Å². The Morgan fingerprint density at radius 3 is 3.00 bits per heavy atom. The van der Waals surface area contributed by atoms with Gasteiger partial charge in [0, 0.05) is 17.2 Å². The number of rotatable bonds is 4. The Bertz CT molecular complexity index is 448. The highest BCUT2D eigenvalue weighted by Gasteiger charge is 2.30. The van der Waals surface area contributed by atoms with E-state index in [1.54, 1.807) is 11.8 Å². The molecule has 2 atom stereocenters. The number of fused-ring (bicyclic) bond motifs is 1. The smallest absolute Gasteiger partial charge is 0.228 e. The van der Waals surface area contributed by atoms with Crippen LogP contribution < -0.4 is 5.32 Å². The standard InChI is InChI=1S/C13H17NO3S/c1-13(17,8-15)7-14-12(16)10-6-18-11-5-3-2-4-9(10)11/h2-5,10,15,17H,6-8H2,1H3,(H,14,16). The van der Waals surface area contributed by atoms with Crippen LogP contribution in [0.3, 0.4) is 0 Å². The van der Waals surface area contributed by atoms with Crippen LogP contribution in [-0.2, 0) is 4.79 Å². The Labute approximate surface area is 110 Å². The van der Waals surface area contributed by atoms with E-state index in [1.807, 2.05) is 24.3 Å². The predicted molar refractivity (Wildman–Crippen MR) is 70.6 cm³/mol. The summed E-state index contributed by atoms with van der Waals surface area (Å²) in [6, 6.07) is 7.86. The molecule has 4 nitrogen and oxygen atoms in total. The third-order valence-electron chi connectivity index (χ3n) is 3.00. The Balaban J connectivity index is 2.00. The minimum absolute atomic E-state index is 0.0612. The quantitative estimate of drug-likeness (QED) is 0.752. The van der Waals surface area contributed by atoms with Gasteiger partial charge in [-0.1, -0.05) is 18.2 Å². The monoisotopic (exact) mass is 267 g/mol. The van der Waals surface area contributed by atoms with Crippen LogP contribution in [0.15, 0.2) is 29.2 Å². The molecule has 2 rings (SSSR count). The van der Waals surface area contributed by atoms with E-state index in [9.17, 15) is 9.90 Å². The van der Waals surface area contributed by atoms with Gasteiger partial charge in [0.15, 0.2) is 0 Å². The first-order valence-corrected chi connectivity index (χ1v) is 6.85. The van der Waals surface area contributed by atoms with Gasteiger partial charge in [0.2, 0.25) is 5.91 Å². The number of benzene rings is 1. The van der Waals surface area contributed by atoms with E-state index in [-0.39, 0.29) is 25.0 Å². The maximum Gasteiger partial charge on any atom is 0.228 e. The molecule has 5 heteroatoms. The van der Waals surface area contributed by atoms with Crippen molar-refractivity contribution in [2.24, 2.45) is 0 Å². The molecule has 3 N–H and O–H groups in total. The average Bonchev–Trinajstić information content (AvgIpc) is 2.80. The lowest BCUT2D eigenvalue weighted by Gasteiger charge is -2.22. The van der Waals surface area contributed by atoms with Crippen LogP contribution in [0.1, 0.15) is 18.4 Å². The molecule has 0 aliphatic carbocycles. The summed E-state index contributed by atoms with van der Waals surface area (Å²) in [6.07, 6.45) is 0. The van der Waals surface area contributed by atoms with E-state index in [0.29, 0.717) is 0 Å². The normalized spacial score (nSPS) is 21.2. The van der Waals surface area contributed by atoms with Gasteiger partial charge < -0.3 is 15.5 Å². The van der Waals surface area contributed by atoms with Crippen molar-refractivity contribution in [3.05, 3.63) is 29.8 Å². The second-order valence-corrected chi connectivity index (χ2v) is 5.84. The second kappa shape index (κ2) is 5.30. The van der Waals surface area contributed by atoms with E-state index in [2.05, 4.69) is 5.32 Å². The van der Waals surface area contributed by atoms with Gasteiger partial charge in [-0.25, -0.2) is 0 Å². The highest BCUT2D eigenvalue weighted by molar-refractivity contribution is 7.99. The first-order chi connectivity index (χ1) is 8.53. The number of aliphatic hydroxyl groups is 2. The fourth-order valence-electron chi connectivity index (χ4n) is 1.84. The number of carbonyl (C=O) groups excluding carboxylic acids is 1. The second-order valence-electron chi connectivity index (χ2n) is 4.77. The molecule has 0 spiro atoms. The number of nitrogens with one attached hydrogen (secondary N) is 1. The van der Waals surface area contributed by atoms with Gasteiger partial charge in [-0.2, -0.15) is 0 Å². The van der Waals surface area contributed by atoms with Crippen LogP contribution in [0.25, 0.3) is 0 Å². The lowest BCUT2D eigenvalue weighted by Crippen LogP contribution is -2.44. The fourth-order valence-corrected chi connectivity index (χ4v) is 3.07. The summed E-state index contributed by atoms with van der Waals surface area (Å²) in [6.45, 7) is 1.18. The topological polar surface area (TPSA) is 69.6 Å². The van der Waals surface area contributed by atoms with Gasteiger partial charge in [-0.3, -0.25) is 4.79 Å². The third kappa shape index (κ3) is 2.85. The maximum atomic E-state index is 12.1. The largest absolute Gasteiger partial charge is 0.393 e. The molecule has 1 aliphatic heterocycles. The van der Waals surface area contributed by atoms with Crippen molar-refractivity contribution in [3.8, 4) is 0 Å². The highest BCUT2D eigenvalue weighted by atomic mass is 32.2. The summed E-state index contributed by atoms with van der Waals surface area (Å²) in [5.74, 6) is 0.466. The van der Waals surface area contributed by atoms with Crippen molar-refractivity contribution in [2.75, 3.05) is 18.9 Å². The summed E-state index contributed by atoms with van der Waals surface area (Å²) < 4.78 is 0. The lowest BCUT2D eigenvalue weighted by atomic mass is 10.00. The molecular formula is C13H17NO3S. The van der Waals surface area contributed by atoms with Crippen molar-refractivity contribution in [1.29, 1.82) is 0 Å². The SMILES string of the molecule is CC(O)(CO)CNC(=O)C1CSc2ccccc21. The number of hydrogen-bond acceptors (Lipinski definition) is 4. The van der Waals surface area contributed by atoms with Gasteiger partial charge in [-0.15, -0.1) is 11.8 Å². The molecule has 0 fully saturated rings. The Morgan fingerprint density at radius 2 is 2.28 bits per heavy atom. The zero-order chi connectivity index (χ0) is 13.2.